The van der Waals surface area contributed by atoms with Crippen LogP contribution in [0.2, 0.25) is 5.02 Å². The Morgan fingerprint density at radius 1 is 1.15 bits per heavy atom. The Labute approximate surface area is 126 Å². The zero-order valence-electron chi connectivity index (χ0n) is 10.5. The van der Waals surface area contributed by atoms with E-state index in [0.717, 1.165) is 0 Å². The Morgan fingerprint density at radius 2 is 1.95 bits per heavy atom. The number of aliphatic imine (C=N–C) groups is 1. The number of nitrogens with zero attached hydrogens (tertiary/aromatic N) is 1. The van der Waals surface area contributed by atoms with Crippen LogP contribution in [0, 0.1) is 5.82 Å². The summed E-state index contributed by atoms with van der Waals surface area (Å²) in [7, 11) is 0. The predicted octanol–water partition coefficient (Wildman–Crippen LogP) is 4.74. The average Bonchev–Trinajstić information content (AvgIpc) is 2.93. The first-order valence-corrected chi connectivity index (χ1v) is 7.47. The van der Waals surface area contributed by atoms with Crippen molar-refractivity contribution in [2.24, 2.45) is 4.99 Å². The van der Waals surface area contributed by atoms with Crippen LogP contribution < -0.4 is 5.32 Å². The third-order valence-corrected chi connectivity index (χ3v) is 4.50. The van der Waals surface area contributed by atoms with Crippen molar-refractivity contribution in [1.82, 2.24) is 0 Å². The summed E-state index contributed by atoms with van der Waals surface area (Å²) in [5, 5.41) is 4.31. The van der Waals surface area contributed by atoms with Gasteiger partial charge in [0.2, 0.25) is 0 Å². The van der Waals surface area contributed by atoms with Gasteiger partial charge in [-0.3, -0.25) is 4.99 Å². The van der Waals surface area contributed by atoms with E-state index in [9.17, 15) is 4.39 Å². The van der Waals surface area contributed by atoms with Crippen LogP contribution in [0.15, 0.2) is 53.5 Å². The minimum atomic E-state index is -0.371. The lowest BCUT2D eigenvalue weighted by molar-refractivity contribution is 0.632. The lowest BCUT2D eigenvalue weighted by Crippen LogP contribution is -2.07. The lowest BCUT2D eigenvalue weighted by atomic mass is 10.1. The molecule has 1 aliphatic rings. The van der Waals surface area contributed by atoms with Crippen LogP contribution in [-0.4, -0.2) is 11.7 Å². The molecule has 0 radical (unpaired) electrons. The zero-order chi connectivity index (χ0) is 13.9. The fraction of sp³-hybridized carbons (Fsp3) is 0.133. The van der Waals surface area contributed by atoms with Gasteiger partial charge >= 0.3 is 0 Å². The highest BCUT2D eigenvalue weighted by molar-refractivity contribution is 8.14. The molecule has 0 saturated carbocycles. The maximum Gasteiger partial charge on any atom is 0.161 e. The molecule has 0 bridgehead atoms. The summed E-state index contributed by atoms with van der Waals surface area (Å²) in [5.74, 6) is -0.371. The van der Waals surface area contributed by atoms with Crippen molar-refractivity contribution < 1.29 is 4.39 Å². The molecule has 1 unspecified atom stereocenters. The Balaban J connectivity index is 1.72. The highest BCUT2D eigenvalue weighted by Gasteiger charge is 2.22. The van der Waals surface area contributed by atoms with Gasteiger partial charge in [0.1, 0.15) is 5.82 Å². The molecule has 2 nitrogen and oxygen atoms in total. The van der Waals surface area contributed by atoms with Gasteiger partial charge in [0, 0.05) is 0 Å². The molecule has 20 heavy (non-hydrogen) atoms. The second kappa shape index (κ2) is 5.85. The fourth-order valence-corrected chi connectivity index (χ4v) is 3.24. The molecule has 1 N–H and O–H groups in total. The van der Waals surface area contributed by atoms with E-state index >= 15 is 0 Å². The second-order valence-corrected chi connectivity index (χ2v) is 5.98. The van der Waals surface area contributed by atoms with Gasteiger partial charge in [0.15, 0.2) is 5.17 Å². The minimum Gasteiger partial charge on any atom is -0.331 e. The Morgan fingerprint density at radius 3 is 2.70 bits per heavy atom. The van der Waals surface area contributed by atoms with Crippen molar-refractivity contribution in [1.29, 1.82) is 0 Å². The van der Waals surface area contributed by atoms with Crippen LogP contribution in [-0.2, 0) is 0 Å². The maximum atomic E-state index is 13.7. The van der Waals surface area contributed by atoms with Crippen molar-refractivity contribution >= 4 is 34.2 Å². The molecular weight excluding hydrogens is 295 g/mol. The lowest BCUT2D eigenvalue weighted by Gasteiger charge is -2.10. The average molecular weight is 307 g/mol. The first-order valence-electron chi connectivity index (χ1n) is 6.21. The standard InChI is InChI=1S/C15H12ClFN2S/c16-11-7-4-8-12(17)14(11)19-15-18-9-13(20-15)10-5-2-1-3-6-10/h1-8,13H,9H2,(H,18,19). The van der Waals surface area contributed by atoms with Crippen LogP contribution in [0.5, 0.6) is 0 Å². The third kappa shape index (κ3) is 2.81. The van der Waals surface area contributed by atoms with Gasteiger partial charge in [-0.2, -0.15) is 0 Å². The van der Waals surface area contributed by atoms with Crippen LogP contribution in [0.4, 0.5) is 10.1 Å². The topological polar surface area (TPSA) is 24.4 Å². The van der Waals surface area contributed by atoms with E-state index in [1.165, 1.54) is 11.6 Å². The van der Waals surface area contributed by atoms with E-state index in [1.54, 1.807) is 23.9 Å². The number of hydrogen-bond donors (Lipinski definition) is 1. The van der Waals surface area contributed by atoms with Gasteiger partial charge < -0.3 is 5.32 Å². The van der Waals surface area contributed by atoms with Crippen molar-refractivity contribution in [2.75, 3.05) is 11.9 Å². The molecule has 5 heteroatoms. The molecule has 2 aromatic carbocycles. The smallest absolute Gasteiger partial charge is 0.161 e. The highest BCUT2D eigenvalue weighted by atomic mass is 35.5. The van der Waals surface area contributed by atoms with Crippen LogP contribution in [0.3, 0.4) is 0 Å². The van der Waals surface area contributed by atoms with E-state index in [-0.39, 0.29) is 16.8 Å². The summed E-state index contributed by atoms with van der Waals surface area (Å²) < 4.78 is 13.7. The molecule has 0 spiro atoms. The molecule has 0 aliphatic carbocycles. The van der Waals surface area contributed by atoms with Crippen LogP contribution >= 0.6 is 23.4 Å². The summed E-state index contributed by atoms with van der Waals surface area (Å²) in [6.07, 6.45) is 0. The number of amidine groups is 1. The second-order valence-electron chi connectivity index (χ2n) is 4.38. The fourth-order valence-electron chi connectivity index (χ4n) is 2.01. The van der Waals surface area contributed by atoms with Gasteiger partial charge in [-0.15, -0.1) is 0 Å². The number of anilines is 1. The van der Waals surface area contributed by atoms with Gasteiger partial charge in [-0.25, -0.2) is 4.39 Å². The van der Waals surface area contributed by atoms with Crippen molar-refractivity contribution in [3.05, 3.63) is 64.9 Å². The van der Waals surface area contributed by atoms with Gasteiger partial charge in [-0.1, -0.05) is 59.8 Å². The molecule has 0 aromatic heterocycles. The minimum absolute atomic E-state index is 0.268. The number of hydrogen-bond acceptors (Lipinski definition) is 3. The van der Waals surface area contributed by atoms with Crippen LogP contribution in [0.1, 0.15) is 10.8 Å². The Kier molecular flexibility index (Phi) is 3.94. The quantitative estimate of drug-likeness (QED) is 0.867. The summed E-state index contributed by atoms with van der Waals surface area (Å²) >= 11 is 7.58. The first kappa shape index (κ1) is 13.5. The van der Waals surface area contributed by atoms with E-state index in [4.69, 9.17) is 11.6 Å². The predicted molar refractivity (Wildman–Crippen MR) is 84.1 cm³/mol. The van der Waals surface area contributed by atoms with E-state index in [2.05, 4.69) is 22.4 Å². The number of benzene rings is 2. The van der Waals surface area contributed by atoms with Gasteiger partial charge in [0.05, 0.1) is 22.5 Å². The molecule has 0 saturated heterocycles. The monoisotopic (exact) mass is 306 g/mol. The van der Waals surface area contributed by atoms with Crippen molar-refractivity contribution in [3.8, 4) is 0 Å². The molecule has 0 amide bonds. The molecule has 1 heterocycles. The largest absolute Gasteiger partial charge is 0.331 e. The Bertz CT molecular complexity index is 625. The summed E-state index contributed by atoms with van der Waals surface area (Å²) in [6, 6.07) is 14.8. The zero-order valence-corrected chi connectivity index (χ0v) is 12.1. The number of thioether (sulfide) groups is 1. The summed E-state index contributed by atoms with van der Waals surface area (Å²) in [6.45, 7) is 0.684. The molecule has 102 valence electrons. The SMILES string of the molecule is Fc1cccc(Cl)c1NC1=NCC(c2ccccc2)S1. The maximum absolute atomic E-state index is 13.7. The molecule has 2 aromatic rings. The van der Waals surface area contributed by atoms with Gasteiger partial charge in [-0.05, 0) is 17.7 Å². The number of rotatable bonds is 2. The normalized spacial score (nSPS) is 17.9. The number of nitrogens with one attached hydrogen (secondary N) is 1. The molecule has 1 aliphatic heterocycles. The first-order chi connectivity index (χ1) is 9.74. The summed E-state index contributed by atoms with van der Waals surface area (Å²) in [5.41, 5.74) is 1.51. The van der Waals surface area contributed by atoms with Crippen molar-refractivity contribution in [2.45, 2.75) is 5.25 Å². The van der Waals surface area contributed by atoms with Gasteiger partial charge in [0.25, 0.3) is 0 Å². The van der Waals surface area contributed by atoms with Crippen molar-refractivity contribution in [3.63, 3.8) is 0 Å². The summed E-state index contributed by atoms with van der Waals surface area (Å²) in [4.78, 5) is 4.41. The van der Waals surface area contributed by atoms with Crippen LogP contribution in [0.25, 0.3) is 0 Å². The number of halogens is 2. The highest BCUT2D eigenvalue weighted by Crippen LogP contribution is 2.36. The van der Waals surface area contributed by atoms with E-state index < -0.39 is 0 Å². The third-order valence-electron chi connectivity index (χ3n) is 3.02. The Hall–Kier alpha value is -1.52. The molecule has 1 atom stereocenters. The molecule has 0 fully saturated rings. The number of para-hydroxylation sites is 1. The molecule has 3 rings (SSSR count). The molecular formula is C15H12ClFN2S. The van der Waals surface area contributed by atoms with E-state index in [0.29, 0.717) is 16.7 Å². The van der Waals surface area contributed by atoms with E-state index in [1.807, 2.05) is 18.2 Å².